The highest BCUT2D eigenvalue weighted by Crippen LogP contribution is 2.23. The molecule has 0 aliphatic heterocycles. The van der Waals surface area contributed by atoms with Gasteiger partial charge in [-0.15, -0.1) is 0 Å². The number of amides is 1. The van der Waals surface area contributed by atoms with Crippen molar-refractivity contribution in [2.75, 3.05) is 0 Å². The lowest BCUT2D eigenvalue weighted by Gasteiger charge is -2.19. The predicted molar refractivity (Wildman–Crippen MR) is 98.9 cm³/mol. The molecule has 2 heterocycles. The van der Waals surface area contributed by atoms with Crippen molar-refractivity contribution in [3.05, 3.63) is 70.1 Å². The molecule has 0 aliphatic carbocycles. The SMILES string of the molecule is Cc1noc(C)c1CCC(=O)N[C@H](c1ccc(Cl)cc1)c1nccn1C. The molecule has 2 aromatic heterocycles. The molecule has 0 unspecified atom stereocenters. The average Bonchev–Trinajstić information content (AvgIpc) is 3.17. The second kappa shape index (κ2) is 7.74. The van der Waals surface area contributed by atoms with Gasteiger partial charge in [0.25, 0.3) is 0 Å². The van der Waals surface area contributed by atoms with Gasteiger partial charge in [-0.05, 0) is 38.0 Å². The van der Waals surface area contributed by atoms with E-state index in [0.29, 0.717) is 17.9 Å². The van der Waals surface area contributed by atoms with Gasteiger partial charge in [0.05, 0.1) is 5.69 Å². The monoisotopic (exact) mass is 372 g/mol. The largest absolute Gasteiger partial charge is 0.361 e. The van der Waals surface area contributed by atoms with Crippen LogP contribution in [-0.4, -0.2) is 20.6 Å². The lowest BCUT2D eigenvalue weighted by molar-refractivity contribution is -0.121. The van der Waals surface area contributed by atoms with Crippen LogP contribution in [0.5, 0.6) is 0 Å². The third kappa shape index (κ3) is 3.96. The summed E-state index contributed by atoms with van der Waals surface area (Å²) >= 11 is 5.99. The quantitative estimate of drug-likeness (QED) is 0.718. The normalized spacial score (nSPS) is 12.2. The van der Waals surface area contributed by atoms with Gasteiger partial charge in [0.2, 0.25) is 5.91 Å². The number of nitrogens with zero attached hydrogens (tertiary/aromatic N) is 3. The highest BCUT2D eigenvalue weighted by molar-refractivity contribution is 6.30. The Morgan fingerprint density at radius 3 is 2.62 bits per heavy atom. The van der Waals surface area contributed by atoms with Gasteiger partial charge in [0.1, 0.15) is 17.6 Å². The number of nitrogens with one attached hydrogen (secondary N) is 1. The first-order chi connectivity index (χ1) is 12.5. The minimum absolute atomic E-state index is 0.0621. The first kappa shape index (κ1) is 18.2. The summed E-state index contributed by atoms with van der Waals surface area (Å²) in [6, 6.07) is 7.07. The number of benzene rings is 1. The summed E-state index contributed by atoms with van der Waals surface area (Å²) in [5.74, 6) is 1.46. The molecule has 0 spiro atoms. The van der Waals surface area contributed by atoms with Crippen molar-refractivity contribution >= 4 is 17.5 Å². The van der Waals surface area contributed by atoms with Crippen LogP contribution >= 0.6 is 11.6 Å². The van der Waals surface area contributed by atoms with E-state index in [9.17, 15) is 4.79 Å². The molecule has 6 nitrogen and oxygen atoms in total. The Morgan fingerprint density at radius 1 is 1.31 bits per heavy atom. The molecular weight excluding hydrogens is 352 g/mol. The Labute approximate surface area is 157 Å². The van der Waals surface area contributed by atoms with Gasteiger partial charge in [-0.25, -0.2) is 4.98 Å². The first-order valence-corrected chi connectivity index (χ1v) is 8.77. The molecule has 0 bridgehead atoms. The summed E-state index contributed by atoms with van der Waals surface area (Å²) < 4.78 is 7.05. The number of halogens is 1. The summed E-state index contributed by atoms with van der Waals surface area (Å²) in [6.07, 6.45) is 4.50. The summed E-state index contributed by atoms with van der Waals surface area (Å²) in [5.41, 5.74) is 2.74. The summed E-state index contributed by atoms with van der Waals surface area (Å²) in [4.78, 5) is 17.0. The van der Waals surface area contributed by atoms with E-state index < -0.39 is 0 Å². The summed E-state index contributed by atoms with van der Waals surface area (Å²) in [6.45, 7) is 3.74. The number of hydrogen-bond acceptors (Lipinski definition) is 4. The molecule has 0 radical (unpaired) electrons. The molecule has 3 rings (SSSR count). The van der Waals surface area contributed by atoms with Crippen LogP contribution in [0.1, 0.15) is 40.9 Å². The Hall–Kier alpha value is -2.60. The van der Waals surface area contributed by atoms with E-state index in [0.717, 1.165) is 28.4 Å². The van der Waals surface area contributed by atoms with Crippen LogP contribution in [0.15, 0.2) is 41.2 Å². The number of carbonyl (C=O) groups is 1. The molecule has 1 N–H and O–H groups in total. The number of imidazole rings is 1. The summed E-state index contributed by atoms with van der Waals surface area (Å²) in [7, 11) is 1.90. The first-order valence-electron chi connectivity index (χ1n) is 8.39. The van der Waals surface area contributed by atoms with E-state index >= 15 is 0 Å². The second-order valence-electron chi connectivity index (χ2n) is 6.25. The molecule has 7 heteroatoms. The zero-order valence-electron chi connectivity index (χ0n) is 15.0. The van der Waals surface area contributed by atoms with Crippen molar-refractivity contribution in [3.63, 3.8) is 0 Å². The fraction of sp³-hybridized carbons (Fsp3) is 0.316. The minimum atomic E-state index is -0.343. The van der Waals surface area contributed by atoms with Crippen molar-refractivity contribution in [3.8, 4) is 0 Å². The van der Waals surface area contributed by atoms with Gasteiger partial charge in [-0.3, -0.25) is 4.79 Å². The van der Waals surface area contributed by atoms with Gasteiger partial charge in [0, 0.05) is 36.4 Å². The number of aromatic nitrogens is 3. The molecule has 3 aromatic rings. The van der Waals surface area contributed by atoms with Gasteiger partial charge >= 0.3 is 0 Å². The molecule has 0 saturated heterocycles. The Balaban J connectivity index is 1.76. The third-order valence-corrected chi connectivity index (χ3v) is 4.66. The summed E-state index contributed by atoms with van der Waals surface area (Å²) in [5, 5.41) is 7.66. The van der Waals surface area contributed by atoms with Gasteiger partial charge < -0.3 is 14.4 Å². The van der Waals surface area contributed by atoms with E-state index in [1.807, 2.05) is 55.9 Å². The zero-order valence-corrected chi connectivity index (χ0v) is 15.7. The van der Waals surface area contributed by atoms with Crippen LogP contribution in [-0.2, 0) is 18.3 Å². The molecule has 1 amide bonds. The van der Waals surface area contributed by atoms with Crippen molar-refractivity contribution in [2.24, 2.45) is 7.05 Å². The maximum atomic E-state index is 12.6. The molecule has 26 heavy (non-hydrogen) atoms. The van der Waals surface area contributed by atoms with E-state index in [2.05, 4.69) is 15.5 Å². The fourth-order valence-electron chi connectivity index (χ4n) is 2.94. The highest BCUT2D eigenvalue weighted by atomic mass is 35.5. The van der Waals surface area contributed by atoms with Gasteiger partial charge in [-0.2, -0.15) is 0 Å². The van der Waals surface area contributed by atoms with Gasteiger partial charge in [0.15, 0.2) is 0 Å². The molecule has 1 atom stereocenters. The lowest BCUT2D eigenvalue weighted by Crippen LogP contribution is -2.31. The van der Waals surface area contributed by atoms with Crippen LogP contribution in [0.3, 0.4) is 0 Å². The number of carbonyl (C=O) groups excluding carboxylic acids is 1. The van der Waals surface area contributed by atoms with Crippen molar-refractivity contribution < 1.29 is 9.32 Å². The van der Waals surface area contributed by atoms with Crippen molar-refractivity contribution in [2.45, 2.75) is 32.7 Å². The molecule has 136 valence electrons. The Kier molecular flexibility index (Phi) is 5.42. The van der Waals surface area contributed by atoms with Crippen LogP contribution < -0.4 is 5.32 Å². The molecular formula is C19H21ClN4O2. The van der Waals surface area contributed by atoms with E-state index in [-0.39, 0.29) is 11.9 Å². The minimum Gasteiger partial charge on any atom is -0.361 e. The van der Waals surface area contributed by atoms with E-state index in [1.165, 1.54) is 0 Å². The van der Waals surface area contributed by atoms with Crippen LogP contribution in [0.2, 0.25) is 5.02 Å². The number of aryl methyl sites for hydroxylation is 3. The maximum Gasteiger partial charge on any atom is 0.221 e. The topological polar surface area (TPSA) is 73.0 Å². The number of rotatable bonds is 6. The van der Waals surface area contributed by atoms with Crippen LogP contribution in [0, 0.1) is 13.8 Å². The van der Waals surface area contributed by atoms with E-state index in [1.54, 1.807) is 6.20 Å². The number of hydrogen-bond donors (Lipinski definition) is 1. The highest BCUT2D eigenvalue weighted by Gasteiger charge is 2.21. The lowest BCUT2D eigenvalue weighted by atomic mass is 10.0. The molecule has 0 fully saturated rings. The maximum absolute atomic E-state index is 12.6. The van der Waals surface area contributed by atoms with Crippen LogP contribution in [0.4, 0.5) is 0 Å². The molecule has 0 saturated carbocycles. The smallest absolute Gasteiger partial charge is 0.221 e. The van der Waals surface area contributed by atoms with Crippen molar-refractivity contribution in [1.29, 1.82) is 0 Å². The average molecular weight is 373 g/mol. The van der Waals surface area contributed by atoms with E-state index in [4.69, 9.17) is 16.1 Å². The predicted octanol–water partition coefficient (Wildman–Crippen LogP) is 3.52. The fourth-order valence-corrected chi connectivity index (χ4v) is 3.06. The second-order valence-corrected chi connectivity index (χ2v) is 6.69. The van der Waals surface area contributed by atoms with Gasteiger partial charge in [-0.1, -0.05) is 28.9 Å². The third-order valence-electron chi connectivity index (χ3n) is 4.41. The van der Waals surface area contributed by atoms with Crippen LogP contribution in [0.25, 0.3) is 0 Å². The molecule has 0 aliphatic rings. The Bertz CT molecular complexity index is 879. The standard InChI is InChI=1S/C19H21ClN4O2/c1-12-16(13(2)26-23-12)8-9-17(25)22-18(19-21-10-11-24(19)3)14-4-6-15(20)7-5-14/h4-7,10-11,18H,8-9H2,1-3H3,(H,22,25)/t18-/m1/s1. The Morgan fingerprint density at radius 2 is 2.04 bits per heavy atom. The van der Waals surface area contributed by atoms with Crippen molar-refractivity contribution in [1.82, 2.24) is 20.0 Å². The molecule has 1 aromatic carbocycles. The zero-order chi connectivity index (χ0) is 18.7.